The van der Waals surface area contributed by atoms with Gasteiger partial charge in [0.1, 0.15) is 0 Å². The lowest BCUT2D eigenvalue weighted by molar-refractivity contribution is -0.137. The van der Waals surface area contributed by atoms with E-state index >= 15 is 0 Å². The average molecular weight is 308 g/mol. The third kappa shape index (κ3) is 6.79. The molecule has 0 atom stereocenters. The summed E-state index contributed by atoms with van der Waals surface area (Å²) >= 11 is 0. The van der Waals surface area contributed by atoms with Crippen LogP contribution >= 0.6 is 0 Å². The molecule has 0 aliphatic heterocycles. The topological polar surface area (TPSA) is 0 Å². The van der Waals surface area contributed by atoms with Crippen LogP contribution in [0.3, 0.4) is 0 Å². The summed E-state index contributed by atoms with van der Waals surface area (Å²) in [5.74, 6) is 0. The van der Waals surface area contributed by atoms with Gasteiger partial charge in [0.2, 0.25) is 0 Å². The molecule has 0 spiro atoms. The lowest BCUT2D eigenvalue weighted by atomic mass is 10.1. The molecule has 22 heavy (non-hydrogen) atoms. The summed E-state index contributed by atoms with van der Waals surface area (Å²) in [5.41, 5.74) is 2.88. The fourth-order valence-corrected chi connectivity index (χ4v) is 1.90. The van der Waals surface area contributed by atoms with Crippen LogP contribution in [-0.4, -0.2) is 0 Å². The third-order valence-electron chi connectivity index (χ3n) is 3.56. The first kappa shape index (κ1) is 18.3. The Bertz CT molecular complexity index is 543. The summed E-state index contributed by atoms with van der Waals surface area (Å²) < 4.78 is 37.3. The van der Waals surface area contributed by atoms with Gasteiger partial charge in [0.15, 0.2) is 0 Å². The van der Waals surface area contributed by atoms with Gasteiger partial charge in [-0.1, -0.05) is 47.6 Å². The normalized spacial score (nSPS) is 13.9. The molecule has 1 rings (SSSR count). The van der Waals surface area contributed by atoms with E-state index < -0.39 is 11.7 Å². The second kappa shape index (κ2) is 8.62. The standard InChI is InChI=1S/C19H23F3/c1-4-15(2)9-10-16(3)7-5-6-8-17-11-13-18(14-12-17)19(20,21)22/h4,6-8,11-14H,5,9-10H2,1-3H3/b8-6+,15-4+,16-7+. The fraction of sp³-hybridized carbons (Fsp3) is 0.368. The summed E-state index contributed by atoms with van der Waals surface area (Å²) in [6.45, 7) is 6.27. The minimum absolute atomic E-state index is 0.611. The minimum atomic E-state index is -4.27. The molecule has 0 amide bonds. The van der Waals surface area contributed by atoms with Gasteiger partial charge in [0.05, 0.1) is 5.56 Å². The van der Waals surface area contributed by atoms with Crippen LogP contribution in [0.1, 0.15) is 51.2 Å². The second-order valence-electron chi connectivity index (χ2n) is 5.44. The van der Waals surface area contributed by atoms with Gasteiger partial charge >= 0.3 is 6.18 Å². The second-order valence-corrected chi connectivity index (χ2v) is 5.44. The zero-order chi connectivity index (χ0) is 16.6. The molecule has 0 N–H and O–H groups in total. The van der Waals surface area contributed by atoms with E-state index in [1.807, 2.05) is 19.1 Å². The number of hydrogen-bond donors (Lipinski definition) is 0. The van der Waals surface area contributed by atoms with Crippen molar-refractivity contribution in [2.24, 2.45) is 0 Å². The van der Waals surface area contributed by atoms with Crippen molar-refractivity contribution < 1.29 is 13.2 Å². The molecule has 1 aromatic carbocycles. The highest BCUT2D eigenvalue weighted by atomic mass is 19.4. The van der Waals surface area contributed by atoms with Crippen molar-refractivity contribution in [3.05, 3.63) is 64.8 Å². The maximum absolute atomic E-state index is 12.4. The third-order valence-corrected chi connectivity index (χ3v) is 3.56. The van der Waals surface area contributed by atoms with Gasteiger partial charge < -0.3 is 0 Å². The molecule has 0 aromatic heterocycles. The lowest BCUT2D eigenvalue weighted by Gasteiger charge is -2.05. The number of hydrogen-bond acceptors (Lipinski definition) is 0. The largest absolute Gasteiger partial charge is 0.416 e. The van der Waals surface area contributed by atoms with Crippen LogP contribution in [0.5, 0.6) is 0 Å². The van der Waals surface area contributed by atoms with E-state index in [4.69, 9.17) is 0 Å². The highest BCUT2D eigenvalue weighted by Crippen LogP contribution is 2.29. The Kier molecular flexibility index (Phi) is 7.16. The molecule has 0 saturated heterocycles. The minimum Gasteiger partial charge on any atom is -0.166 e. The molecule has 0 unspecified atom stereocenters. The summed E-state index contributed by atoms with van der Waals surface area (Å²) in [5, 5.41) is 0. The Hall–Kier alpha value is -1.77. The van der Waals surface area contributed by atoms with Crippen LogP contribution < -0.4 is 0 Å². The maximum atomic E-state index is 12.4. The molecule has 0 aliphatic carbocycles. The highest BCUT2D eigenvalue weighted by molar-refractivity contribution is 5.50. The molecule has 0 saturated carbocycles. The van der Waals surface area contributed by atoms with E-state index in [0.717, 1.165) is 37.0 Å². The van der Waals surface area contributed by atoms with Crippen LogP contribution in [0, 0.1) is 0 Å². The predicted octanol–water partition coefficient (Wildman–Crippen LogP) is 6.80. The zero-order valence-corrected chi connectivity index (χ0v) is 13.4. The van der Waals surface area contributed by atoms with Crippen molar-refractivity contribution in [3.8, 4) is 0 Å². The number of benzene rings is 1. The van der Waals surface area contributed by atoms with Crippen molar-refractivity contribution in [2.45, 2.75) is 46.2 Å². The van der Waals surface area contributed by atoms with Crippen LogP contribution in [0.4, 0.5) is 13.2 Å². The highest BCUT2D eigenvalue weighted by Gasteiger charge is 2.29. The van der Waals surface area contributed by atoms with E-state index in [1.54, 1.807) is 0 Å². The number of alkyl halides is 3. The Morgan fingerprint density at radius 2 is 1.59 bits per heavy atom. The van der Waals surface area contributed by atoms with Gasteiger partial charge in [-0.25, -0.2) is 0 Å². The first-order chi connectivity index (χ1) is 10.3. The number of allylic oxidation sites excluding steroid dienone is 5. The average Bonchev–Trinajstić information content (AvgIpc) is 2.48. The predicted molar refractivity (Wildman–Crippen MR) is 87.5 cm³/mol. The molecule has 0 fully saturated rings. The van der Waals surface area contributed by atoms with Gasteiger partial charge in [-0.15, -0.1) is 0 Å². The zero-order valence-electron chi connectivity index (χ0n) is 13.4. The quantitative estimate of drug-likeness (QED) is 0.507. The van der Waals surface area contributed by atoms with Crippen molar-refractivity contribution in [2.75, 3.05) is 0 Å². The van der Waals surface area contributed by atoms with Gasteiger partial charge in [-0.2, -0.15) is 13.2 Å². The SMILES string of the molecule is C/C=C(\C)CC/C(C)=C/C/C=C/c1ccc(C(F)(F)F)cc1. The van der Waals surface area contributed by atoms with Crippen LogP contribution in [0.25, 0.3) is 6.08 Å². The van der Waals surface area contributed by atoms with Gasteiger partial charge in [-0.05, 0) is 57.7 Å². The van der Waals surface area contributed by atoms with Gasteiger partial charge in [-0.3, -0.25) is 0 Å². The molecule has 0 nitrogen and oxygen atoms in total. The number of rotatable bonds is 6. The summed E-state index contributed by atoms with van der Waals surface area (Å²) in [6.07, 6.45) is 6.73. The Morgan fingerprint density at radius 1 is 1.00 bits per heavy atom. The van der Waals surface area contributed by atoms with E-state index in [-0.39, 0.29) is 0 Å². The molecule has 0 radical (unpaired) electrons. The Balaban J connectivity index is 2.49. The molecule has 0 aliphatic rings. The lowest BCUT2D eigenvalue weighted by Crippen LogP contribution is -2.03. The molecule has 120 valence electrons. The molecule has 0 bridgehead atoms. The van der Waals surface area contributed by atoms with E-state index in [0.29, 0.717) is 0 Å². The fourth-order valence-electron chi connectivity index (χ4n) is 1.90. The van der Waals surface area contributed by atoms with Crippen LogP contribution in [0.2, 0.25) is 0 Å². The van der Waals surface area contributed by atoms with Crippen LogP contribution in [0.15, 0.2) is 53.6 Å². The van der Waals surface area contributed by atoms with Gasteiger partial charge in [0.25, 0.3) is 0 Å². The Morgan fingerprint density at radius 3 is 2.14 bits per heavy atom. The first-order valence-electron chi connectivity index (χ1n) is 7.44. The molecule has 1 aromatic rings. The van der Waals surface area contributed by atoms with Crippen molar-refractivity contribution >= 4 is 6.08 Å². The Labute approximate surface area is 131 Å². The smallest absolute Gasteiger partial charge is 0.166 e. The van der Waals surface area contributed by atoms with E-state index in [9.17, 15) is 13.2 Å². The number of halogens is 3. The summed E-state index contributed by atoms with van der Waals surface area (Å²) in [6, 6.07) is 5.21. The van der Waals surface area contributed by atoms with Crippen LogP contribution in [-0.2, 0) is 6.18 Å². The molecular weight excluding hydrogens is 285 g/mol. The monoisotopic (exact) mass is 308 g/mol. The maximum Gasteiger partial charge on any atom is 0.416 e. The molecular formula is C19H23F3. The van der Waals surface area contributed by atoms with Crippen molar-refractivity contribution in [1.82, 2.24) is 0 Å². The summed E-state index contributed by atoms with van der Waals surface area (Å²) in [7, 11) is 0. The van der Waals surface area contributed by atoms with Crippen molar-refractivity contribution in [3.63, 3.8) is 0 Å². The first-order valence-corrected chi connectivity index (χ1v) is 7.44. The van der Waals surface area contributed by atoms with E-state index in [1.165, 1.54) is 23.3 Å². The van der Waals surface area contributed by atoms with Gasteiger partial charge in [0, 0.05) is 0 Å². The summed E-state index contributed by atoms with van der Waals surface area (Å²) in [4.78, 5) is 0. The molecule has 0 heterocycles. The van der Waals surface area contributed by atoms with E-state index in [2.05, 4.69) is 26.0 Å². The van der Waals surface area contributed by atoms with Crippen molar-refractivity contribution in [1.29, 1.82) is 0 Å². The molecule has 3 heteroatoms.